The molecule has 0 aliphatic heterocycles. The molecule has 184 valence electrons. The van der Waals surface area contributed by atoms with E-state index in [2.05, 4.69) is 0 Å². The lowest BCUT2D eigenvalue weighted by Gasteiger charge is -2.19. The molecule has 0 heterocycles. The van der Waals surface area contributed by atoms with E-state index in [0.29, 0.717) is 6.54 Å². The molecule has 1 N–H and O–H groups in total. The van der Waals surface area contributed by atoms with Gasteiger partial charge in [0.25, 0.3) is 11.6 Å². The Labute approximate surface area is 198 Å². The summed E-state index contributed by atoms with van der Waals surface area (Å²) >= 11 is 0. The number of ether oxygens (including phenoxy) is 1. The number of hydrogen-bond donors (Lipinski definition) is 1. The SMILES string of the molecule is Cc1ccc(CN(C)C(=O)COC(=O)CNS(=O)(=O)c2ccc(N(C)C)c([N+](=O)[O-])c2)c(C)c1. The Kier molecular flexibility index (Phi) is 8.71. The molecule has 1 amide bonds. The lowest BCUT2D eigenvalue weighted by Crippen LogP contribution is -2.34. The van der Waals surface area contributed by atoms with E-state index in [1.54, 1.807) is 21.1 Å². The highest BCUT2D eigenvalue weighted by Gasteiger charge is 2.23. The lowest BCUT2D eigenvalue weighted by atomic mass is 10.1. The second-order valence-corrected chi connectivity index (χ2v) is 9.73. The Morgan fingerprint density at radius 2 is 1.76 bits per heavy atom. The Hall–Kier alpha value is -3.51. The Balaban J connectivity index is 1.93. The number of likely N-dealkylation sites (N-methyl/N-ethyl adjacent to an activating group) is 1. The summed E-state index contributed by atoms with van der Waals surface area (Å²) in [6.45, 7) is 2.95. The molecule has 0 aliphatic carbocycles. The highest BCUT2D eigenvalue weighted by molar-refractivity contribution is 7.89. The van der Waals surface area contributed by atoms with Crippen molar-refractivity contribution in [2.75, 3.05) is 39.2 Å². The molecule has 0 unspecified atom stereocenters. The van der Waals surface area contributed by atoms with Gasteiger partial charge in [0.05, 0.1) is 9.82 Å². The van der Waals surface area contributed by atoms with E-state index in [0.717, 1.165) is 22.8 Å². The van der Waals surface area contributed by atoms with Gasteiger partial charge in [-0.15, -0.1) is 0 Å². The standard InChI is InChI=1S/C22H28N4O7S/c1-15-6-7-17(16(2)10-15)13-25(5)21(27)14-33-22(28)12-23-34(31,32)18-8-9-19(24(3)4)20(11-18)26(29)30/h6-11,23H,12-14H2,1-5H3. The average molecular weight is 493 g/mol. The molecule has 0 saturated carbocycles. The van der Waals surface area contributed by atoms with Gasteiger partial charge in [0.2, 0.25) is 10.0 Å². The topological polar surface area (TPSA) is 139 Å². The van der Waals surface area contributed by atoms with Gasteiger partial charge in [0.1, 0.15) is 12.2 Å². The van der Waals surface area contributed by atoms with Crippen LogP contribution in [0.25, 0.3) is 0 Å². The number of nitrogens with zero attached hydrogens (tertiary/aromatic N) is 3. The first-order valence-corrected chi connectivity index (χ1v) is 11.7. The van der Waals surface area contributed by atoms with Crippen LogP contribution in [0.3, 0.4) is 0 Å². The third-order valence-corrected chi connectivity index (χ3v) is 6.43. The molecular weight excluding hydrogens is 464 g/mol. The normalized spacial score (nSPS) is 11.1. The van der Waals surface area contributed by atoms with Crippen LogP contribution in [0.4, 0.5) is 11.4 Å². The van der Waals surface area contributed by atoms with Crippen LogP contribution >= 0.6 is 0 Å². The van der Waals surface area contributed by atoms with Crippen LogP contribution in [0, 0.1) is 24.0 Å². The Morgan fingerprint density at radius 3 is 2.35 bits per heavy atom. The second-order valence-electron chi connectivity index (χ2n) is 7.97. The smallest absolute Gasteiger partial charge is 0.321 e. The molecule has 2 rings (SSSR count). The minimum Gasteiger partial charge on any atom is -0.455 e. The number of anilines is 1. The highest BCUT2D eigenvalue weighted by Crippen LogP contribution is 2.29. The number of aryl methyl sites for hydroxylation is 2. The number of amides is 1. The van der Waals surface area contributed by atoms with E-state index in [-0.39, 0.29) is 10.6 Å². The molecule has 0 fully saturated rings. The summed E-state index contributed by atoms with van der Waals surface area (Å²) < 4.78 is 31.9. The van der Waals surface area contributed by atoms with Crippen LogP contribution in [0.5, 0.6) is 0 Å². The summed E-state index contributed by atoms with van der Waals surface area (Å²) in [5, 5.41) is 11.3. The van der Waals surface area contributed by atoms with E-state index in [9.17, 15) is 28.1 Å². The summed E-state index contributed by atoms with van der Waals surface area (Å²) in [7, 11) is 0.522. The molecule has 0 aliphatic rings. The third-order valence-electron chi connectivity index (χ3n) is 5.03. The molecule has 12 heteroatoms. The quantitative estimate of drug-likeness (QED) is 0.301. The van der Waals surface area contributed by atoms with Crippen molar-refractivity contribution >= 4 is 33.3 Å². The number of nitrogens with one attached hydrogen (secondary N) is 1. The summed E-state index contributed by atoms with van der Waals surface area (Å²) in [4.78, 5) is 37.4. The number of sulfonamides is 1. The van der Waals surface area contributed by atoms with Crippen LogP contribution in [0.2, 0.25) is 0 Å². The number of carbonyl (C=O) groups is 2. The highest BCUT2D eigenvalue weighted by atomic mass is 32.2. The zero-order valence-electron chi connectivity index (χ0n) is 19.7. The van der Waals surface area contributed by atoms with Gasteiger partial charge >= 0.3 is 5.97 Å². The molecule has 34 heavy (non-hydrogen) atoms. The first-order valence-electron chi connectivity index (χ1n) is 10.2. The van der Waals surface area contributed by atoms with Gasteiger partial charge in [0, 0.05) is 33.8 Å². The largest absolute Gasteiger partial charge is 0.455 e. The molecule has 11 nitrogen and oxygen atoms in total. The number of hydrogen-bond acceptors (Lipinski definition) is 8. The van der Waals surface area contributed by atoms with Gasteiger partial charge in [-0.1, -0.05) is 23.8 Å². The van der Waals surface area contributed by atoms with Crippen molar-refractivity contribution in [3.63, 3.8) is 0 Å². The number of nitro groups is 1. The van der Waals surface area contributed by atoms with Gasteiger partial charge in [0.15, 0.2) is 6.61 Å². The fourth-order valence-electron chi connectivity index (χ4n) is 3.10. The summed E-state index contributed by atoms with van der Waals surface area (Å²) in [5.41, 5.74) is 2.93. The second kappa shape index (κ2) is 11.1. The van der Waals surface area contributed by atoms with Crippen molar-refractivity contribution in [1.29, 1.82) is 0 Å². The van der Waals surface area contributed by atoms with Gasteiger partial charge in [-0.05, 0) is 37.1 Å². The molecule has 0 bridgehead atoms. The maximum Gasteiger partial charge on any atom is 0.321 e. The van der Waals surface area contributed by atoms with Crippen molar-refractivity contribution in [3.8, 4) is 0 Å². The molecule has 2 aromatic carbocycles. The zero-order chi connectivity index (χ0) is 25.6. The molecule has 0 aromatic heterocycles. The minimum atomic E-state index is -4.23. The van der Waals surface area contributed by atoms with E-state index in [1.165, 1.54) is 21.9 Å². The number of carbonyl (C=O) groups excluding carboxylic acids is 2. The molecule has 0 spiro atoms. The first kappa shape index (κ1) is 26.7. The van der Waals surface area contributed by atoms with Crippen LogP contribution in [0.15, 0.2) is 41.3 Å². The zero-order valence-corrected chi connectivity index (χ0v) is 20.5. The third kappa shape index (κ3) is 6.99. The molecule has 0 saturated heterocycles. The number of benzene rings is 2. The van der Waals surface area contributed by atoms with Gasteiger partial charge in [-0.3, -0.25) is 19.7 Å². The first-order chi connectivity index (χ1) is 15.8. The predicted octanol–water partition coefficient (Wildman–Crippen LogP) is 1.76. The van der Waals surface area contributed by atoms with Gasteiger partial charge in [-0.2, -0.15) is 4.72 Å². The maximum absolute atomic E-state index is 12.5. The van der Waals surface area contributed by atoms with E-state index in [4.69, 9.17) is 4.74 Å². The van der Waals surface area contributed by atoms with E-state index in [1.807, 2.05) is 36.8 Å². The van der Waals surface area contributed by atoms with Crippen molar-refractivity contribution in [3.05, 3.63) is 63.2 Å². The van der Waals surface area contributed by atoms with Gasteiger partial charge < -0.3 is 14.5 Å². The summed E-state index contributed by atoms with van der Waals surface area (Å²) in [5.74, 6) is -1.41. The average Bonchev–Trinajstić information content (AvgIpc) is 2.77. The molecule has 0 radical (unpaired) electrons. The number of nitro benzene ring substituents is 1. The minimum absolute atomic E-state index is 0.229. The van der Waals surface area contributed by atoms with Crippen molar-refractivity contribution in [2.45, 2.75) is 25.3 Å². The molecule has 0 atom stereocenters. The van der Waals surface area contributed by atoms with Crippen LogP contribution < -0.4 is 9.62 Å². The van der Waals surface area contributed by atoms with Crippen molar-refractivity contribution in [1.82, 2.24) is 9.62 Å². The van der Waals surface area contributed by atoms with Crippen molar-refractivity contribution in [2.24, 2.45) is 0 Å². The Bertz CT molecular complexity index is 1200. The number of esters is 1. The lowest BCUT2D eigenvalue weighted by molar-refractivity contribution is -0.384. The fraction of sp³-hybridized carbons (Fsp3) is 0.364. The van der Waals surface area contributed by atoms with E-state index >= 15 is 0 Å². The maximum atomic E-state index is 12.5. The molecule has 2 aromatic rings. The predicted molar refractivity (Wildman–Crippen MR) is 126 cm³/mol. The Morgan fingerprint density at radius 1 is 1.09 bits per heavy atom. The monoisotopic (exact) mass is 492 g/mol. The van der Waals surface area contributed by atoms with Gasteiger partial charge in [-0.25, -0.2) is 8.42 Å². The van der Waals surface area contributed by atoms with Crippen LogP contribution in [-0.2, 0) is 30.9 Å². The van der Waals surface area contributed by atoms with Crippen LogP contribution in [0.1, 0.15) is 16.7 Å². The fourth-order valence-corrected chi connectivity index (χ4v) is 4.09. The summed E-state index contributed by atoms with van der Waals surface area (Å²) in [6.07, 6.45) is 0. The van der Waals surface area contributed by atoms with E-state index < -0.39 is 45.7 Å². The number of rotatable bonds is 10. The molecular formula is C22H28N4O7S. The van der Waals surface area contributed by atoms with Crippen LogP contribution in [-0.4, -0.2) is 64.4 Å². The van der Waals surface area contributed by atoms with Crippen molar-refractivity contribution < 1.29 is 27.7 Å². The summed E-state index contributed by atoms with van der Waals surface area (Å²) in [6, 6.07) is 9.27.